The molecule has 0 fully saturated rings. The Kier molecular flexibility index (Phi) is 4.09. The van der Waals surface area contributed by atoms with E-state index in [1.165, 1.54) is 6.20 Å². The van der Waals surface area contributed by atoms with E-state index in [1.54, 1.807) is 19.1 Å². The van der Waals surface area contributed by atoms with Crippen molar-refractivity contribution in [3.8, 4) is 0 Å². The lowest BCUT2D eigenvalue weighted by atomic mass is 10.3. The van der Waals surface area contributed by atoms with Crippen LogP contribution in [0.15, 0.2) is 42.1 Å². The molecule has 2 N–H and O–H groups in total. The van der Waals surface area contributed by atoms with Gasteiger partial charge in [-0.15, -0.1) is 0 Å². The average molecular weight is 204 g/mol. The molecule has 0 aliphatic rings. The maximum atomic E-state index is 11.3. The lowest BCUT2D eigenvalue weighted by Crippen LogP contribution is -2.24. The van der Waals surface area contributed by atoms with Gasteiger partial charge in [-0.3, -0.25) is 4.79 Å². The Hall–Kier alpha value is -2.10. The highest BCUT2D eigenvalue weighted by Crippen LogP contribution is 2.03. The van der Waals surface area contributed by atoms with Gasteiger partial charge in [0, 0.05) is 17.5 Å². The molecule has 15 heavy (non-hydrogen) atoms. The van der Waals surface area contributed by atoms with Gasteiger partial charge >= 0.3 is 6.03 Å². The van der Waals surface area contributed by atoms with Crippen LogP contribution in [0, 0.1) is 0 Å². The summed E-state index contributed by atoms with van der Waals surface area (Å²) in [7, 11) is 0. The first kappa shape index (κ1) is 11.0. The SMILES string of the molecule is C/C(C=O)=C\NC(=O)Nc1ccccc1. The van der Waals surface area contributed by atoms with Crippen molar-refractivity contribution in [3.05, 3.63) is 42.1 Å². The molecule has 1 aromatic rings. The van der Waals surface area contributed by atoms with Crippen molar-refractivity contribution in [1.82, 2.24) is 5.32 Å². The molecular weight excluding hydrogens is 192 g/mol. The molecule has 0 atom stereocenters. The fourth-order valence-electron chi connectivity index (χ4n) is 0.902. The highest BCUT2D eigenvalue weighted by atomic mass is 16.2. The second kappa shape index (κ2) is 5.59. The maximum Gasteiger partial charge on any atom is 0.323 e. The van der Waals surface area contributed by atoms with Crippen LogP contribution in [0.1, 0.15) is 6.92 Å². The van der Waals surface area contributed by atoms with Crippen molar-refractivity contribution in [3.63, 3.8) is 0 Å². The number of carbonyl (C=O) groups excluding carboxylic acids is 2. The highest BCUT2D eigenvalue weighted by molar-refractivity contribution is 5.90. The van der Waals surface area contributed by atoms with Crippen LogP contribution >= 0.6 is 0 Å². The first-order valence-electron chi connectivity index (χ1n) is 4.47. The van der Waals surface area contributed by atoms with Crippen LogP contribution in [0.2, 0.25) is 0 Å². The number of carbonyl (C=O) groups is 2. The fourth-order valence-corrected chi connectivity index (χ4v) is 0.902. The van der Waals surface area contributed by atoms with Crippen LogP contribution in [0.25, 0.3) is 0 Å². The van der Waals surface area contributed by atoms with Crippen molar-refractivity contribution in [1.29, 1.82) is 0 Å². The molecule has 78 valence electrons. The first-order valence-corrected chi connectivity index (χ1v) is 4.47. The first-order chi connectivity index (χ1) is 7.22. The van der Waals surface area contributed by atoms with Crippen molar-refractivity contribution in [2.45, 2.75) is 6.92 Å². The summed E-state index contributed by atoms with van der Waals surface area (Å²) in [6, 6.07) is 8.68. The molecule has 0 aromatic heterocycles. The normalized spacial score (nSPS) is 10.6. The zero-order valence-electron chi connectivity index (χ0n) is 8.36. The van der Waals surface area contributed by atoms with Gasteiger partial charge in [-0.1, -0.05) is 18.2 Å². The van der Waals surface area contributed by atoms with E-state index < -0.39 is 0 Å². The molecule has 2 amide bonds. The van der Waals surface area contributed by atoms with Gasteiger partial charge in [0.15, 0.2) is 0 Å². The van der Waals surface area contributed by atoms with E-state index in [0.717, 1.165) is 0 Å². The zero-order chi connectivity index (χ0) is 11.1. The van der Waals surface area contributed by atoms with Crippen LogP contribution in [0.3, 0.4) is 0 Å². The van der Waals surface area contributed by atoms with Gasteiger partial charge in [0.2, 0.25) is 0 Å². The monoisotopic (exact) mass is 204 g/mol. The maximum absolute atomic E-state index is 11.3. The minimum absolute atomic E-state index is 0.373. The Morgan fingerprint density at radius 3 is 2.53 bits per heavy atom. The summed E-state index contributed by atoms with van der Waals surface area (Å²) >= 11 is 0. The number of rotatable bonds is 3. The molecule has 0 heterocycles. The molecule has 0 spiro atoms. The van der Waals surface area contributed by atoms with Crippen molar-refractivity contribution >= 4 is 18.0 Å². The number of hydrogen-bond donors (Lipinski definition) is 2. The molecule has 1 rings (SSSR count). The van der Waals surface area contributed by atoms with E-state index in [0.29, 0.717) is 17.5 Å². The summed E-state index contributed by atoms with van der Waals surface area (Å²) in [5, 5.41) is 5.05. The summed E-state index contributed by atoms with van der Waals surface area (Å²) < 4.78 is 0. The number of aldehydes is 1. The molecule has 0 bridgehead atoms. The van der Waals surface area contributed by atoms with Crippen LogP contribution in [-0.4, -0.2) is 12.3 Å². The third-order valence-electron chi connectivity index (χ3n) is 1.65. The lowest BCUT2D eigenvalue weighted by molar-refractivity contribution is -0.104. The molecule has 0 aliphatic heterocycles. The van der Waals surface area contributed by atoms with Crippen LogP contribution in [0.5, 0.6) is 0 Å². The molecule has 4 nitrogen and oxygen atoms in total. The molecule has 0 unspecified atom stereocenters. The standard InChI is InChI=1S/C11H12N2O2/c1-9(8-14)7-12-11(15)13-10-5-3-2-4-6-10/h2-8H,1H3,(H2,12,13,15)/b9-7+. The molecule has 0 saturated heterocycles. The van der Waals surface area contributed by atoms with E-state index in [2.05, 4.69) is 10.6 Å². The van der Waals surface area contributed by atoms with Crippen LogP contribution in [0.4, 0.5) is 10.5 Å². The number of urea groups is 1. The molecule has 4 heteroatoms. The van der Waals surface area contributed by atoms with Gasteiger partial charge in [0.1, 0.15) is 6.29 Å². The Morgan fingerprint density at radius 1 is 1.27 bits per heavy atom. The Bertz CT molecular complexity index is 371. The Balaban J connectivity index is 2.47. The number of anilines is 1. The number of nitrogens with one attached hydrogen (secondary N) is 2. The second-order valence-electron chi connectivity index (χ2n) is 2.97. The van der Waals surface area contributed by atoms with Gasteiger partial charge in [-0.25, -0.2) is 4.79 Å². The smallest absolute Gasteiger partial charge is 0.314 e. The van der Waals surface area contributed by atoms with Crippen molar-refractivity contribution in [2.75, 3.05) is 5.32 Å². The minimum atomic E-state index is -0.373. The quantitative estimate of drug-likeness (QED) is 0.583. The van der Waals surface area contributed by atoms with Crippen LogP contribution < -0.4 is 10.6 Å². The third-order valence-corrected chi connectivity index (χ3v) is 1.65. The number of allylic oxidation sites excluding steroid dienone is 1. The number of hydrogen-bond acceptors (Lipinski definition) is 2. The summed E-state index contributed by atoms with van der Waals surface area (Å²) in [5.74, 6) is 0. The number of benzene rings is 1. The van der Waals surface area contributed by atoms with E-state index in [4.69, 9.17) is 0 Å². The summed E-state index contributed by atoms with van der Waals surface area (Å²) in [5.41, 5.74) is 1.16. The van der Waals surface area contributed by atoms with E-state index in [-0.39, 0.29) is 6.03 Å². The van der Waals surface area contributed by atoms with Crippen molar-refractivity contribution in [2.24, 2.45) is 0 Å². The van der Waals surface area contributed by atoms with Crippen LogP contribution in [-0.2, 0) is 4.79 Å². The fraction of sp³-hybridized carbons (Fsp3) is 0.0909. The highest BCUT2D eigenvalue weighted by Gasteiger charge is 1.97. The van der Waals surface area contributed by atoms with Gasteiger partial charge in [0.25, 0.3) is 0 Å². The molecule has 0 aliphatic carbocycles. The van der Waals surface area contributed by atoms with Gasteiger partial charge < -0.3 is 10.6 Å². The summed E-state index contributed by atoms with van der Waals surface area (Å²) in [4.78, 5) is 21.5. The molecular formula is C11H12N2O2. The van der Waals surface area contributed by atoms with Crippen molar-refractivity contribution < 1.29 is 9.59 Å². The molecule has 0 saturated carbocycles. The third kappa shape index (κ3) is 4.08. The average Bonchev–Trinajstić information content (AvgIpc) is 2.27. The van der Waals surface area contributed by atoms with Gasteiger partial charge in [0.05, 0.1) is 0 Å². The Labute approximate surface area is 88.0 Å². The molecule has 1 aromatic carbocycles. The van der Waals surface area contributed by atoms with Gasteiger partial charge in [-0.05, 0) is 19.1 Å². The predicted octanol–water partition coefficient (Wildman–Crippen LogP) is 1.91. The lowest BCUT2D eigenvalue weighted by Gasteiger charge is -2.03. The zero-order valence-corrected chi connectivity index (χ0v) is 8.36. The number of para-hydroxylation sites is 1. The Morgan fingerprint density at radius 2 is 1.93 bits per heavy atom. The van der Waals surface area contributed by atoms with E-state index >= 15 is 0 Å². The molecule has 0 radical (unpaired) electrons. The summed E-state index contributed by atoms with van der Waals surface area (Å²) in [6.07, 6.45) is 2.02. The van der Waals surface area contributed by atoms with E-state index in [1.807, 2.05) is 18.2 Å². The minimum Gasteiger partial charge on any atom is -0.314 e. The van der Waals surface area contributed by atoms with E-state index in [9.17, 15) is 9.59 Å². The topological polar surface area (TPSA) is 58.2 Å². The van der Waals surface area contributed by atoms with Gasteiger partial charge in [-0.2, -0.15) is 0 Å². The second-order valence-corrected chi connectivity index (χ2v) is 2.97. The predicted molar refractivity (Wildman–Crippen MR) is 58.4 cm³/mol. The summed E-state index contributed by atoms with van der Waals surface area (Å²) in [6.45, 7) is 1.61. The largest absolute Gasteiger partial charge is 0.323 e. The number of amides is 2.